The molecule has 1 unspecified atom stereocenters. The van der Waals surface area contributed by atoms with Crippen LogP contribution in [0.4, 0.5) is 0 Å². The van der Waals surface area contributed by atoms with Gasteiger partial charge in [-0.05, 0) is 30.7 Å². The Morgan fingerprint density at radius 1 is 1.24 bits per heavy atom. The molecule has 0 aliphatic carbocycles. The Hall–Kier alpha value is -1.31. The van der Waals surface area contributed by atoms with E-state index in [2.05, 4.69) is 31.2 Å². The lowest BCUT2D eigenvalue weighted by molar-refractivity contribution is -0.145. The van der Waals surface area contributed by atoms with Crippen molar-refractivity contribution < 1.29 is 9.90 Å². The minimum atomic E-state index is -0.690. The first-order valence-electron chi connectivity index (χ1n) is 6.09. The summed E-state index contributed by atoms with van der Waals surface area (Å²) in [6.07, 6.45) is 1.52. The number of carbonyl (C=O) groups is 1. The van der Waals surface area contributed by atoms with Crippen LogP contribution in [0.25, 0.3) is 0 Å². The molecule has 1 aromatic rings. The SMILES string of the molecule is Cc1ccc(CCC(C(=O)O)C(C)(C)C)cc1. The lowest BCUT2D eigenvalue weighted by Crippen LogP contribution is -2.28. The van der Waals surface area contributed by atoms with Crippen molar-refractivity contribution in [1.29, 1.82) is 0 Å². The highest BCUT2D eigenvalue weighted by atomic mass is 16.4. The standard InChI is InChI=1S/C15H22O2/c1-11-5-7-12(8-6-11)9-10-13(14(16)17)15(2,3)4/h5-8,13H,9-10H2,1-4H3,(H,16,17). The minimum Gasteiger partial charge on any atom is -0.481 e. The van der Waals surface area contributed by atoms with Crippen LogP contribution in [0.2, 0.25) is 0 Å². The average molecular weight is 234 g/mol. The Balaban J connectivity index is 2.65. The van der Waals surface area contributed by atoms with E-state index in [9.17, 15) is 9.90 Å². The second kappa shape index (κ2) is 5.35. The van der Waals surface area contributed by atoms with E-state index in [1.807, 2.05) is 20.8 Å². The van der Waals surface area contributed by atoms with E-state index in [0.29, 0.717) is 6.42 Å². The van der Waals surface area contributed by atoms with Gasteiger partial charge in [0.2, 0.25) is 0 Å². The summed E-state index contributed by atoms with van der Waals surface area (Å²) in [5.41, 5.74) is 2.27. The van der Waals surface area contributed by atoms with Crippen LogP contribution in [0.5, 0.6) is 0 Å². The summed E-state index contributed by atoms with van der Waals surface area (Å²) in [6, 6.07) is 8.30. The highest BCUT2D eigenvalue weighted by Crippen LogP contribution is 2.30. The van der Waals surface area contributed by atoms with Gasteiger partial charge in [0.1, 0.15) is 0 Å². The zero-order valence-electron chi connectivity index (χ0n) is 11.2. The molecule has 0 fully saturated rings. The van der Waals surface area contributed by atoms with Gasteiger partial charge in [0.15, 0.2) is 0 Å². The molecule has 0 spiro atoms. The Morgan fingerprint density at radius 3 is 2.18 bits per heavy atom. The van der Waals surface area contributed by atoms with Crippen LogP contribution >= 0.6 is 0 Å². The molecule has 0 aromatic heterocycles. The summed E-state index contributed by atoms with van der Waals surface area (Å²) in [6.45, 7) is 8.02. The minimum absolute atomic E-state index is 0.184. The van der Waals surface area contributed by atoms with Crippen molar-refractivity contribution >= 4 is 5.97 Å². The van der Waals surface area contributed by atoms with Crippen LogP contribution < -0.4 is 0 Å². The maximum absolute atomic E-state index is 11.2. The van der Waals surface area contributed by atoms with Crippen molar-refractivity contribution in [2.75, 3.05) is 0 Å². The van der Waals surface area contributed by atoms with E-state index in [-0.39, 0.29) is 11.3 Å². The van der Waals surface area contributed by atoms with E-state index in [4.69, 9.17) is 0 Å². The van der Waals surface area contributed by atoms with Gasteiger partial charge >= 0.3 is 5.97 Å². The number of rotatable bonds is 4. The fraction of sp³-hybridized carbons (Fsp3) is 0.533. The number of hydrogen-bond donors (Lipinski definition) is 1. The molecule has 1 atom stereocenters. The van der Waals surface area contributed by atoms with Crippen LogP contribution in [0.3, 0.4) is 0 Å². The molecule has 0 saturated heterocycles. The molecular weight excluding hydrogens is 212 g/mol. The molecular formula is C15H22O2. The number of hydrogen-bond acceptors (Lipinski definition) is 1. The van der Waals surface area contributed by atoms with Gasteiger partial charge in [-0.3, -0.25) is 4.79 Å². The Bertz CT molecular complexity index is 371. The predicted molar refractivity (Wildman–Crippen MR) is 70.1 cm³/mol. The van der Waals surface area contributed by atoms with Gasteiger partial charge in [-0.25, -0.2) is 0 Å². The Morgan fingerprint density at radius 2 is 1.76 bits per heavy atom. The van der Waals surface area contributed by atoms with Crippen molar-refractivity contribution in [3.05, 3.63) is 35.4 Å². The van der Waals surface area contributed by atoms with Gasteiger partial charge in [0, 0.05) is 0 Å². The van der Waals surface area contributed by atoms with Crippen molar-refractivity contribution in [3.8, 4) is 0 Å². The Kier molecular flexibility index (Phi) is 4.33. The molecule has 0 aliphatic rings. The van der Waals surface area contributed by atoms with Crippen molar-refractivity contribution in [2.24, 2.45) is 11.3 Å². The predicted octanol–water partition coefficient (Wildman–Crippen LogP) is 3.67. The summed E-state index contributed by atoms with van der Waals surface area (Å²) in [4.78, 5) is 11.2. The molecule has 0 radical (unpaired) electrons. The molecule has 2 heteroatoms. The lowest BCUT2D eigenvalue weighted by Gasteiger charge is -2.27. The molecule has 0 aliphatic heterocycles. The molecule has 0 bridgehead atoms. The number of benzene rings is 1. The molecule has 0 heterocycles. The number of aliphatic carboxylic acids is 1. The monoisotopic (exact) mass is 234 g/mol. The largest absolute Gasteiger partial charge is 0.481 e. The van der Waals surface area contributed by atoms with Gasteiger partial charge in [0.25, 0.3) is 0 Å². The maximum atomic E-state index is 11.2. The second-order valence-corrected chi connectivity index (χ2v) is 5.78. The zero-order valence-corrected chi connectivity index (χ0v) is 11.2. The summed E-state index contributed by atoms with van der Waals surface area (Å²) in [7, 11) is 0. The smallest absolute Gasteiger partial charge is 0.307 e. The van der Waals surface area contributed by atoms with Gasteiger partial charge in [-0.2, -0.15) is 0 Å². The van der Waals surface area contributed by atoms with Crippen molar-refractivity contribution in [1.82, 2.24) is 0 Å². The number of carboxylic acids is 1. The third-order valence-electron chi connectivity index (χ3n) is 3.19. The first kappa shape index (κ1) is 13.8. The molecule has 17 heavy (non-hydrogen) atoms. The van der Waals surface area contributed by atoms with Crippen LogP contribution in [0.15, 0.2) is 24.3 Å². The van der Waals surface area contributed by atoms with E-state index in [1.54, 1.807) is 0 Å². The zero-order chi connectivity index (χ0) is 13.1. The molecule has 0 saturated carbocycles. The van der Waals surface area contributed by atoms with Crippen LogP contribution in [-0.2, 0) is 11.2 Å². The van der Waals surface area contributed by atoms with Crippen molar-refractivity contribution in [3.63, 3.8) is 0 Å². The molecule has 1 N–H and O–H groups in total. The average Bonchev–Trinajstić information content (AvgIpc) is 2.18. The fourth-order valence-corrected chi connectivity index (χ4v) is 1.99. The summed E-state index contributed by atoms with van der Waals surface area (Å²) < 4.78 is 0. The van der Waals surface area contributed by atoms with E-state index in [1.165, 1.54) is 11.1 Å². The summed E-state index contributed by atoms with van der Waals surface area (Å²) >= 11 is 0. The van der Waals surface area contributed by atoms with Crippen molar-refractivity contribution in [2.45, 2.75) is 40.5 Å². The summed E-state index contributed by atoms with van der Waals surface area (Å²) in [5.74, 6) is -0.978. The molecule has 2 nitrogen and oxygen atoms in total. The quantitative estimate of drug-likeness (QED) is 0.863. The first-order valence-corrected chi connectivity index (χ1v) is 6.09. The normalized spacial score (nSPS) is 13.4. The highest BCUT2D eigenvalue weighted by Gasteiger charge is 2.30. The second-order valence-electron chi connectivity index (χ2n) is 5.78. The van der Waals surface area contributed by atoms with Gasteiger partial charge in [-0.15, -0.1) is 0 Å². The lowest BCUT2D eigenvalue weighted by atomic mass is 9.77. The van der Waals surface area contributed by atoms with E-state index >= 15 is 0 Å². The van der Waals surface area contributed by atoms with Gasteiger partial charge in [-0.1, -0.05) is 50.6 Å². The molecule has 1 aromatic carbocycles. The number of carboxylic acid groups (broad SMARTS) is 1. The topological polar surface area (TPSA) is 37.3 Å². The van der Waals surface area contributed by atoms with Gasteiger partial charge in [0.05, 0.1) is 5.92 Å². The van der Waals surface area contributed by atoms with Crippen LogP contribution in [0, 0.1) is 18.3 Å². The summed E-state index contributed by atoms with van der Waals surface area (Å²) in [5, 5.41) is 9.23. The fourth-order valence-electron chi connectivity index (χ4n) is 1.99. The number of aryl methyl sites for hydroxylation is 2. The highest BCUT2D eigenvalue weighted by molar-refractivity contribution is 5.70. The van der Waals surface area contributed by atoms with E-state index in [0.717, 1.165) is 6.42 Å². The first-order chi connectivity index (χ1) is 7.80. The Labute approximate surface area is 104 Å². The van der Waals surface area contributed by atoms with Crippen LogP contribution in [0.1, 0.15) is 38.3 Å². The third kappa shape index (κ3) is 4.22. The van der Waals surface area contributed by atoms with Crippen LogP contribution in [-0.4, -0.2) is 11.1 Å². The molecule has 1 rings (SSSR count). The molecule has 0 amide bonds. The van der Waals surface area contributed by atoms with Gasteiger partial charge < -0.3 is 5.11 Å². The third-order valence-corrected chi connectivity index (χ3v) is 3.19. The molecule has 94 valence electrons. The van der Waals surface area contributed by atoms with E-state index < -0.39 is 5.97 Å². The maximum Gasteiger partial charge on any atom is 0.307 e.